The summed E-state index contributed by atoms with van der Waals surface area (Å²) in [6.45, 7) is 1.74. The van der Waals surface area contributed by atoms with Crippen LogP contribution in [0.3, 0.4) is 0 Å². The number of hydrogen-bond acceptors (Lipinski definition) is 4. The maximum Gasteiger partial charge on any atom is 0.272 e. The van der Waals surface area contributed by atoms with Gasteiger partial charge in [-0.2, -0.15) is 0 Å². The van der Waals surface area contributed by atoms with Crippen molar-refractivity contribution in [1.29, 1.82) is 0 Å². The second-order valence-electron chi connectivity index (χ2n) is 3.72. The summed E-state index contributed by atoms with van der Waals surface area (Å²) < 4.78 is 1.34. The van der Waals surface area contributed by atoms with E-state index in [0.29, 0.717) is 11.4 Å². The van der Waals surface area contributed by atoms with E-state index in [4.69, 9.17) is 34.8 Å². The van der Waals surface area contributed by atoms with E-state index < -0.39 is 4.92 Å². The summed E-state index contributed by atoms with van der Waals surface area (Å²) in [4.78, 5) is 10.1. The molecular weight excluding hydrogens is 314 g/mol. The summed E-state index contributed by atoms with van der Waals surface area (Å²) in [6, 6.07) is 2.41. The Hall–Kier alpha value is -1.37. The van der Waals surface area contributed by atoms with E-state index in [1.165, 1.54) is 16.8 Å². The molecule has 1 atom stereocenters. The number of rotatable bonds is 3. The number of non-ortho nitro benzene ring substituents is 1. The van der Waals surface area contributed by atoms with Gasteiger partial charge in [-0.15, -0.1) is 16.7 Å². The molecule has 0 saturated heterocycles. The fourth-order valence-corrected chi connectivity index (χ4v) is 2.19. The van der Waals surface area contributed by atoms with Crippen molar-refractivity contribution in [2.24, 2.45) is 0 Å². The maximum atomic E-state index is 10.7. The van der Waals surface area contributed by atoms with Crippen molar-refractivity contribution in [3.05, 3.63) is 44.2 Å². The summed E-state index contributed by atoms with van der Waals surface area (Å²) in [5.41, 5.74) is 0.682. The zero-order chi connectivity index (χ0) is 14.2. The molecule has 0 aliphatic heterocycles. The fraction of sp³-hybridized carbons (Fsp3) is 0.200. The quantitative estimate of drug-likeness (QED) is 0.490. The molecule has 9 heteroatoms. The molecule has 0 radical (unpaired) electrons. The summed E-state index contributed by atoms with van der Waals surface area (Å²) in [5.74, 6) is 0. The Labute approximate surface area is 123 Å². The number of nitro groups is 1. The highest BCUT2D eigenvalue weighted by atomic mass is 35.5. The molecule has 19 heavy (non-hydrogen) atoms. The standard InChI is InChI=1S/C10H7Cl3N4O2/c1-5(11)9-4-16(15-14-9)10-7(12)2-6(17(18)19)3-8(10)13/h2-5H,1H3. The topological polar surface area (TPSA) is 73.8 Å². The lowest BCUT2D eigenvalue weighted by atomic mass is 10.3. The van der Waals surface area contributed by atoms with Crippen molar-refractivity contribution >= 4 is 40.5 Å². The molecule has 6 nitrogen and oxygen atoms in total. The third kappa shape index (κ3) is 2.80. The molecule has 2 rings (SSSR count). The normalized spacial score (nSPS) is 12.4. The van der Waals surface area contributed by atoms with Gasteiger partial charge in [-0.3, -0.25) is 10.1 Å². The Morgan fingerprint density at radius 3 is 2.37 bits per heavy atom. The van der Waals surface area contributed by atoms with Crippen molar-refractivity contribution in [2.75, 3.05) is 0 Å². The van der Waals surface area contributed by atoms with Gasteiger partial charge in [0.1, 0.15) is 11.4 Å². The van der Waals surface area contributed by atoms with Gasteiger partial charge in [0.2, 0.25) is 0 Å². The van der Waals surface area contributed by atoms with Gasteiger partial charge >= 0.3 is 0 Å². The van der Waals surface area contributed by atoms with E-state index in [1.54, 1.807) is 13.1 Å². The second-order valence-corrected chi connectivity index (χ2v) is 5.19. The fourth-order valence-electron chi connectivity index (χ4n) is 1.44. The maximum absolute atomic E-state index is 10.7. The average molecular weight is 322 g/mol. The van der Waals surface area contributed by atoms with Crippen LogP contribution in [0.15, 0.2) is 18.3 Å². The third-order valence-electron chi connectivity index (χ3n) is 2.36. The number of nitro benzene ring substituents is 1. The molecule has 0 aliphatic carbocycles. The summed E-state index contributed by atoms with van der Waals surface area (Å²) in [7, 11) is 0. The monoisotopic (exact) mass is 320 g/mol. The van der Waals surface area contributed by atoms with Crippen LogP contribution in [0.4, 0.5) is 5.69 Å². The number of aromatic nitrogens is 3. The highest BCUT2D eigenvalue weighted by Crippen LogP contribution is 2.33. The SMILES string of the molecule is CC(Cl)c1cn(-c2c(Cl)cc([N+](=O)[O-])cc2Cl)nn1. The molecule has 0 aliphatic rings. The van der Waals surface area contributed by atoms with Crippen LogP contribution in [-0.2, 0) is 0 Å². The second kappa shape index (κ2) is 5.32. The molecule has 0 saturated carbocycles. The molecule has 100 valence electrons. The summed E-state index contributed by atoms with van der Waals surface area (Å²) in [6.07, 6.45) is 1.57. The third-order valence-corrected chi connectivity index (χ3v) is 3.16. The van der Waals surface area contributed by atoms with Gasteiger partial charge in [0.05, 0.1) is 26.5 Å². The molecule has 0 amide bonds. The summed E-state index contributed by atoms with van der Waals surface area (Å²) in [5, 5.41) is 18.3. The lowest BCUT2D eigenvalue weighted by Gasteiger charge is -2.05. The van der Waals surface area contributed by atoms with Crippen LogP contribution in [0.2, 0.25) is 10.0 Å². The molecular formula is C10H7Cl3N4O2. The van der Waals surface area contributed by atoms with Crippen LogP contribution >= 0.6 is 34.8 Å². The van der Waals surface area contributed by atoms with Gasteiger partial charge in [-0.25, -0.2) is 4.68 Å². The van der Waals surface area contributed by atoms with Gasteiger partial charge in [-0.1, -0.05) is 28.4 Å². The Bertz CT molecular complexity index is 618. The smallest absolute Gasteiger partial charge is 0.258 e. The predicted octanol–water partition coefficient (Wildman–Crippen LogP) is 3.78. The minimum absolute atomic E-state index is 0.109. The van der Waals surface area contributed by atoms with E-state index in [1.807, 2.05) is 0 Å². The first-order valence-electron chi connectivity index (χ1n) is 5.10. The minimum atomic E-state index is -0.574. The minimum Gasteiger partial charge on any atom is -0.258 e. The van der Waals surface area contributed by atoms with Crippen molar-refractivity contribution < 1.29 is 4.92 Å². The van der Waals surface area contributed by atoms with E-state index in [0.717, 1.165) is 0 Å². The van der Waals surface area contributed by atoms with Crippen LogP contribution in [0, 0.1) is 10.1 Å². The first kappa shape index (κ1) is 14.0. The van der Waals surface area contributed by atoms with E-state index in [-0.39, 0.29) is 21.1 Å². The highest BCUT2D eigenvalue weighted by molar-refractivity contribution is 6.38. The van der Waals surface area contributed by atoms with Crippen molar-refractivity contribution in [1.82, 2.24) is 15.0 Å². The van der Waals surface area contributed by atoms with Crippen LogP contribution in [0.5, 0.6) is 0 Å². The van der Waals surface area contributed by atoms with E-state index >= 15 is 0 Å². The molecule has 1 aromatic carbocycles. The van der Waals surface area contributed by atoms with Crippen LogP contribution < -0.4 is 0 Å². The van der Waals surface area contributed by atoms with Gasteiger partial charge in [-0.05, 0) is 6.92 Å². The van der Waals surface area contributed by atoms with Crippen molar-refractivity contribution in [2.45, 2.75) is 12.3 Å². The molecule has 0 spiro atoms. The molecule has 0 bridgehead atoms. The van der Waals surface area contributed by atoms with Crippen LogP contribution in [-0.4, -0.2) is 19.9 Å². The molecule has 1 aromatic heterocycles. The Kier molecular flexibility index (Phi) is 3.93. The molecule has 0 fully saturated rings. The number of halogens is 3. The predicted molar refractivity (Wildman–Crippen MR) is 72.3 cm³/mol. The largest absolute Gasteiger partial charge is 0.272 e. The van der Waals surface area contributed by atoms with Crippen molar-refractivity contribution in [3.63, 3.8) is 0 Å². The Morgan fingerprint density at radius 1 is 1.37 bits per heavy atom. The van der Waals surface area contributed by atoms with Gasteiger partial charge in [0, 0.05) is 12.1 Å². The zero-order valence-corrected chi connectivity index (χ0v) is 11.8. The first-order valence-corrected chi connectivity index (χ1v) is 6.29. The lowest BCUT2D eigenvalue weighted by molar-refractivity contribution is -0.384. The van der Waals surface area contributed by atoms with Gasteiger partial charge in [0.25, 0.3) is 5.69 Å². The van der Waals surface area contributed by atoms with Crippen LogP contribution in [0.1, 0.15) is 18.0 Å². The first-order chi connectivity index (χ1) is 8.90. The number of alkyl halides is 1. The molecule has 2 aromatic rings. The van der Waals surface area contributed by atoms with Gasteiger partial charge in [0.15, 0.2) is 0 Å². The zero-order valence-electron chi connectivity index (χ0n) is 9.55. The van der Waals surface area contributed by atoms with E-state index in [2.05, 4.69) is 10.3 Å². The number of benzene rings is 1. The summed E-state index contributed by atoms with van der Waals surface area (Å²) >= 11 is 17.9. The van der Waals surface area contributed by atoms with Gasteiger partial charge < -0.3 is 0 Å². The van der Waals surface area contributed by atoms with Crippen molar-refractivity contribution in [3.8, 4) is 5.69 Å². The number of nitrogens with zero attached hydrogens (tertiary/aromatic N) is 4. The van der Waals surface area contributed by atoms with Crippen LogP contribution in [0.25, 0.3) is 5.69 Å². The lowest BCUT2D eigenvalue weighted by Crippen LogP contribution is -1.99. The molecule has 1 heterocycles. The Morgan fingerprint density at radius 2 is 1.95 bits per heavy atom. The Balaban J connectivity index is 2.52. The highest BCUT2D eigenvalue weighted by Gasteiger charge is 2.18. The molecule has 1 unspecified atom stereocenters. The number of hydrogen-bond donors (Lipinski definition) is 0. The molecule has 0 N–H and O–H groups in total. The van der Waals surface area contributed by atoms with E-state index in [9.17, 15) is 10.1 Å². The average Bonchev–Trinajstić information content (AvgIpc) is 2.77.